The van der Waals surface area contributed by atoms with E-state index in [-0.39, 0.29) is 0 Å². The van der Waals surface area contributed by atoms with Gasteiger partial charge in [0, 0.05) is 13.2 Å². The molecule has 2 aromatic heterocycles. The van der Waals surface area contributed by atoms with E-state index in [1.807, 2.05) is 31.0 Å². The Morgan fingerprint density at radius 3 is 2.94 bits per heavy atom. The van der Waals surface area contributed by atoms with Crippen LogP contribution in [0.2, 0.25) is 0 Å². The van der Waals surface area contributed by atoms with Crippen LogP contribution in [0.15, 0.2) is 12.4 Å². The van der Waals surface area contributed by atoms with Gasteiger partial charge in [0.2, 0.25) is 0 Å². The van der Waals surface area contributed by atoms with Gasteiger partial charge in [-0.2, -0.15) is 5.10 Å². The third-order valence-electron chi connectivity index (χ3n) is 2.46. The van der Waals surface area contributed by atoms with Crippen molar-refractivity contribution in [2.75, 3.05) is 5.32 Å². The molecule has 0 spiro atoms. The van der Waals surface area contributed by atoms with Gasteiger partial charge in [-0.15, -0.1) is 0 Å². The van der Waals surface area contributed by atoms with Crippen LogP contribution in [0.25, 0.3) is 0 Å². The van der Waals surface area contributed by atoms with Gasteiger partial charge in [0.1, 0.15) is 5.82 Å². The topological polar surface area (TPSA) is 58.5 Å². The van der Waals surface area contributed by atoms with Gasteiger partial charge in [0.25, 0.3) is 0 Å². The second-order valence-electron chi connectivity index (χ2n) is 3.86. The van der Waals surface area contributed by atoms with Crippen LogP contribution >= 0.6 is 0 Å². The van der Waals surface area contributed by atoms with E-state index in [9.17, 15) is 0 Å². The molecule has 2 aromatic rings. The van der Waals surface area contributed by atoms with Crippen LogP contribution < -0.4 is 5.32 Å². The van der Waals surface area contributed by atoms with Gasteiger partial charge in [-0.3, -0.25) is 4.68 Å². The SMILES string of the molecule is CCc1nn(C)cc1NCc1cnc(C)[nH]1. The molecule has 16 heavy (non-hydrogen) atoms. The summed E-state index contributed by atoms with van der Waals surface area (Å²) >= 11 is 0. The minimum absolute atomic E-state index is 0.750. The molecule has 0 radical (unpaired) electrons. The average molecular weight is 219 g/mol. The molecule has 2 N–H and O–H groups in total. The lowest BCUT2D eigenvalue weighted by Gasteiger charge is -2.02. The number of H-pyrrole nitrogens is 1. The van der Waals surface area contributed by atoms with Gasteiger partial charge >= 0.3 is 0 Å². The fourth-order valence-corrected chi connectivity index (χ4v) is 1.70. The first-order chi connectivity index (χ1) is 7.69. The smallest absolute Gasteiger partial charge is 0.103 e. The number of imidazole rings is 1. The summed E-state index contributed by atoms with van der Waals surface area (Å²) in [5.41, 5.74) is 3.28. The molecule has 2 rings (SSSR count). The molecule has 86 valence electrons. The van der Waals surface area contributed by atoms with Crippen molar-refractivity contribution >= 4 is 5.69 Å². The maximum Gasteiger partial charge on any atom is 0.103 e. The number of aromatic amines is 1. The van der Waals surface area contributed by atoms with E-state index in [0.717, 1.165) is 35.9 Å². The molecular formula is C11H17N5. The van der Waals surface area contributed by atoms with Crippen LogP contribution in [0.3, 0.4) is 0 Å². The van der Waals surface area contributed by atoms with E-state index in [2.05, 4.69) is 27.3 Å². The molecule has 2 heterocycles. The number of nitrogens with one attached hydrogen (secondary N) is 2. The van der Waals surface area contributed by atoms with Crippen molar-refractivity contribution in [3.05, 3.63) is 29.6 Å². The number of hydrogen-bond donors (Lipinski definition) is 2. The fourth-order valence-electron chi connectivity index (χ4n) is 1.70. The number of nitrogens with zero attached hydrogens (tertiary/aromatic N) is 3. The fraction of sp³-hybridized carbons (Fsp3) is 0.455. The summed E-state index contributed by atoms with van der Waals surface area (Å²) < 4.78 is 1.83. The summed E-state index contributed by atoms with van der Waals surface area (Å²) in [4.78, 5) is 7.35. The summed E-state index contributed by atoms with van der Waals surface area (Å²) in [6.07, 6.45) is 4.79. The Labute approximate surface area is 94.9 Å². The molecule has 0 fully saturated rings. The lowest BCUT2D eigenvalue weighted by molar-refractivity contribution is 0.746. The Kier molecular flexibility index (Phi) is 2.94. The third kappa shape index (κ3) is 2.24. The summed E-state index contributed by atoms with van der Waals surface area (Å²) in [6, 6.07) is 0. The number of hydrogen-bond acceptors (Lipinski definition) is 3. The summed E-state index contributed by atoms with van der Waals surface area (Å²) in [6.45, 7) is 4.80. The van der Waals surface area contributed by atoms with Crippen LogP contribution in [-0.4, -0.2) is 19.7 Å². The highest BCUT2D eigenvalue weighted by Crippen LogP contribution is 2.14. The lowest BCUT2D eigenvalue weighted by atomic mass is 10.3. The van der Waals surface area contributed by atoms with Crippen molar-refractivity contribution in [3.8, 4) is 0 Å². The van der Waals surface area contributed by atoms with E-state index >= 15 is 0 Å². The predicted molar refractivity (Wildman–Crippen MR) is 63.2 cm³/mol. The standard InChI is InChI=1S/C11H17N5/c1-4-10-11(7-16(3)15-10)13-6-9-5-12-8(2)14-9/h5,7,13H,4,6H2,1-3H3,(H,12,14). The maximum absolute atomic E-state index is 4.37. The summed E-state index contributed by atoms with van der Waals surface area (Å²) in [5.74, 6) is 0.943. The van der Waals surface area contributed by atoms with E-state index < -0.39 is 0 Å². The highest BCUT2D eigenvalue weighted by molar-refractivity contribution is 5.46. The number of rotatable bonds is 4. The molecule has 0 amide bonds. The van der Waals surface area contributed by atoms with Gasteiger partial charge in [-0.1, -0.05) is 6.92 Å². The van der Waals surface area contributed by atoms with E-state index in [1.165, 1.54) is 0 Å². The highest BCUT2D eigenvalue weighted by atomic mass is 15.3. The second-order valence-corrected chi connectivity index (χ2v) is 3.86. The van der Waals surface area contributed by atoms with E-state index in [1.54, 1.807) is 0 Å². The van der Waals surface area contributed by atoms with Gasteiger partial charge in [-0.25, -0.2) is 4.98 Å². The zero-order chi connectivity index (χ0) is 11.5. The first-order valence-electron chi connectivity index (χ1n) is 5.46. The molecule has 0 aliphatic heterocycles. The lowest BCUT2D eigenvalue weighted by Crippen LogP contribution is -2.01. The Morgan fingerprint density at radius 1 is 1.50 bits per heavy atom. The van der Waals surface area contributed by atoms with Crippen molar-refractivity contribution in [2.24, 2.45) is 7.05 Å². The Morgan fingerprint density at radius 2 is 2.31 bits per heavy atom. The monoisotopic (exact) mass is 219 g/mol. The van der Waals surface area contributed by atoms with Gasteiger partial charge in [0.05, 0.1) is 29.8 Å². The number of aromatic nitrogens is 4. The Hall–Kier alpha value is -1.78. The molecule has 0 atom stereocenters. The first kappa shape index (κ1) is 10.7. The van der Waals surface area contributed by atoms with Crippen LogP contribution in [0.5, 0.6) is 0 Å². The Bertz CT molecular complexity index is 468. The van der Waals surface area contributed by atoms with E-state index in [0.29, 0.717) is 0 Å². The minimum Gasteiger partial charge on any atom is -0.377 e. The van der Waals surface area contributed by atoms with Crippen LogP contribution in [0.1, 0.15) is 24.1 Å². The number of aryl methyl sites for hydroxylation is 3. The van der Waals surface area contributed by atoms with Gasteiger partial charge < -0.3 is 10.3 Å². The zero-order valence-corrected chi connectivity index (χ0v) is 9.91. The summed E-state index contributed by atoms with van der Waals surface area (Å²) in [5, 5.41) is 7.73. The minimum atomic E-state index is 0.750. The van der Waals surface area contributed by atoms with Gasteiger partial charge in [-0.05, 0) is 13.3 Å². The molecule has 0 aliphatic carbocycles. The van der Waals surface area contributed by atoms with E-state index in [4.69, 9.17) is 0 Å². The quantitative estimate of drug-likeness (QED) is 0.821. The first-order valence-corrected chi connectivity index (χ1v) is 5.46. The third-order valence-corrected chi connectivity index (χ3v) is 2.46. The van der Waals surface area contributed by atoms with Crippen LogP contribution in [-0.2, 0) is 20.0 Å². The van der Waals surface area contributed by atoms with Gasteiger partial charge in [0.15, 0.2) is 0 Å². The maximum atomic E-state index is 4.37. The number of anilines is 1. The van der Waals surface area contributed by atoms with Crippen molar-refractivity contribution in [1.29, 1.82) is 0 Å². The molecular weight excluding hydrogens is 202 g/mol. The molecule has 0 aromatic carbocycles. The van der Waals surface area contributed by atoms with Crippen molar-refractivity contribution in [2.45, 2.75) is 26.8 Å². The van der Waals surface area contributed by atoms with Crippen LogP contribution in [0, 0.1) is 6.92 Å². The molecule has 5 heteroatoms. The largest absolute Gasteiger partial charge is 0.377 e. The molecule has 0 aliphatic rings. The zero-order valence-electron chi connectivity index (χ0n) is 9.91. The van der Waals surface area contributed by atoms with Crippen molar-refractivity contribution in [1.82, 2.24) is 19.7 Å². The average Bonchev–Trinajstić information content (AvgIpc) is 2.81. The molecule has 0 bridgehead atoms. The van der Waals surface area contributed by atoms with Crippen LogP contribution in [0.4, 0.5) is 5.69 Å². The normalized spacial score (nSPS) is 10.7. The Balaban J connectivity index is 2.04. The molecule has 0 saturated carbocycles. The summed E-state index contributed by atoms with van der Waals surface area (Å²) in [7, 11) is 1.94. The highest BCUT2D eigenvalue weighted by Gasteiger charge is 2.05. The van der Waals surface area contributed by atoms with Crippen molar-refractivity contribution < 1.29 is 0 Å². The molecule has 0 unspecified atom stereocenters. The van der Waals surface area contributed by atoms with Crippen molar-refractivity contribution in [3.63, 3.8) is 0 Å². The predicted octanol–water partition coefficient (Wildman–Crippen LogP) is 1.63. The second kappa shape index (κ2) is 4.38. The molecule has 5 nitrogen and oxygen atoms in total. The molecule has 0 saturated heterocycles.